The number of rotatable bonds is 5. The first kappa shape index (κ1) is 16.7. The van der Waals surface area contributed by atoms with Crippen molar-refractivity contribution in [2.75, 3.05) is 5.32 Å². The van der Waals surface area contributed by atoms with Gasteiger partial charge in [0.15, 0.2) is 10.9 Å². The zero-order chi connectivity index (χ0) is 16.3. The van der Waals surface area contributed by atoms with Gasteiger partial charge in [0.1, 0.15) is 0 Å². The molecule has 0 aliphatic rings. The van der Waals surface area contributed by atoms with Gasteiger partial charge in [-0.2, -0.15) is 0 Å². The number of aryl methyl sites for hydroxylation is 1. The molecule has 1 aromatic heterocycles. The highest BCUT2D eigenvalue weighted by Gasteiger charge is 2.14. The van der Waals surface area contributed by atoms with E-state index in [2.05, 4.69) is 24.1 Å². The maximum atomic E-state index is 12.3. The van der Waals surface area contributed by atoms with E-state index in [1.165, 1.54) is 18.3 Å². The summed E-state index contributed by atoms with van der Waals surface area (Å²) >= 11 is 2.92. The van der Waals surface area contributed by atoms with Gasteiger partial charge in [0, 0.05) is 22.6 Å². The normalized spacial score (nSPS) is 10.8. The van der Waals surface area contributed by atoms with E-state index < -0.39 is 0 Å². The van der Waals surface area contributed by atoms with Crippen molar-refractivity contribution >= 4 is 39.9 Å². The van der Waals surface area contributed by atoms with E-state index in [1.54, 1.807) is 24.8 Å². The second-order valence-electron chi connectivity index (χ2n) is 5.14. The van der Waals surface area contributed by atoms with Gasteiger partial charge in [-0.3, -0.25) is 14.9 Å². The first-order chi connectivity index (χ1) is 10.4. The number of ketones is 1. The quantitative estimate of drug-likeness (QED) is 0.650. The van der Waals surface area contributed by atoms with Crippen LogP contribution in [0.3, 0.4) is 0 Å². The third-order valence-corrected chi connectivity index (χ3v) is 4.98. The van der Waals surface area contributed by atoms with Gasteiger partial charge in [-0.25, -0.2) is 4.98 Å². The van der Waals surface area contributed by atoms with Crippen LogP contribution in [0.1, 0.15) is 46.5 Å². The van der Waals surface area contributed by atoms with Crippen molar-refractivity contribution in [1.82, 2.24) is 4.98 Å². The van der Waals surface area contributed by atoms with Gasteiger partial charge in [0.25, 0.3) is 5.91 Å². The van der Waals surface area contributed by atoms with Crippen LogP contribution in [0.2, 0.25) is 0 Å². The molecule has 0 fully saturated rings. The fourth-order valence-corrected chi connectivity index (χ4v) is 3.68. The average Bonchev–Trinajstić information content (AvgIpc) is 2.79. The lowest BCUT2D eigenvalue weighted by atomic mass is 10.2. The zero-order valence-electron chi connectivity index (χ0n) is 13.0. The van der Waals surface area contributed by atoms with Gasteiger partial charge in [-0.1, -0.05) is 31.3 Å². The average molecular weight is 334 g/mol. The van der Waals surface area contributed by atoms with Gasteiger partial charge in [-0.05, 0) is 25.1 Å². The molecule has 1 N–H and O–H groups in total. The number of nitrogens with zero attached hydrogens (tertiary/aromatic N) is 1. The first-order valence-electron chi connectivity index (χ1n) is 6.93. The van der Waals surface area contributed by atoms with Gasteiger partial charge in [0.05, 0.1) is 10.6 Å². The second kappa shape index (κ2) is 7.07. The topological polar surface area (TPSA) is 59.1 Å². The summed E-state index contributed by atoms with van der Waals surface area (Å²) in [6.45, 7) is 7.49. The third kappa shape index (κ3) is 4.18. The number of nitrogens with one attached hydrogen (secondary N) is 1. The summed E-state index contributed by atoms with van der Waals surface area (Å²) in [6.07, 6.45) is 0. The molecule has 116 valence electrons. The molecule has 0 saturated carbocycles. The molecule has 0 spiro atoms. The van der Waals surface area contributed by atoms with Crippen molar-refractivity contribution in [3.8, 4) is 0 Å². The Labute approximate surface area is 138 Å². The lowest BCUT2D eigenvalue weighted by molar-refractivity contribution is 0.101. The Balaban J connectivity index is 2.15. The van der Waals surface area contributed by atoms with Crippen LogP contribution in [-0.2, 0) is 0 Å². The van der Waals surface area contributed by atoms with Crippen molar-refractivity contribution < 1.29 is 9.59 Å². The Morgan fingerprint density at radius 3 is 2.64 bits per heavy atom. The number of anilines is 1. The predicted molar refractivity (Wildman–Crippen MR) is 92.2 cm³/mol. The van der Waals surface area contributed by atoms with Crippen molar-refractivity contribution in [2.24, 2.45) is 0 Å². The molecule has 4 nitrogen and oxygen atoms in total. The Kier molecular flexibility index (Phi) is 5.37. The number of Topliss-reactive ketones (excluding diaryl/α,β-unsaturated/α-hetero) is 1. The molecule has 2 aromatic rings. The zero-order valence-corrected chi connectivity index (χ0v) is 14.6. The van der Waals surface area contributed by atoms with Crippen LogP contribution in [0.5, 0.6) is 0 Å². The number of aromatic nitrogens is 1. The molecule has 1 heterocycles. The highest BCUT2D eigenvalue weighted by atomic mass is 32.2. The van der Waals surface area contributed by atoms with E-state index in [1.807, 2.05) is 18.2 Å². The van der Waals surface area contributed by atoms with Gasteiger partial charge in [-0.15, -0.1) is 11.8 Å². The lowest BCUT2D eigenvalue weighted by Gasteiger charge is -2.07. The van der Waals surface area contributed by atoms with Crippen molar-refractivity contribution in [3.05, 3.63) is 40.4 Å². The summed E-state index contributed by atoms with van der Waals surface area (Å²) in [5.41, 5.74) is 1.24. The Bertz CT molecular complexity index is 708. The standard InChI is InChI=1S/C16H18N2O2S2/c1-9(2)21-13-7-5-6-12(8-13)15(20)18-16-17-10(3)14(22-16)11(4)19/h5-9H,1-4H3,(H,17,18,20). The van der Waals surface area contributed by atoms with Gasteiger partial charge >= 0.3 is 0 Å². The van der Waals surface area contributed by atoms with E-state index in [0.717, 1.165) is 4.90 Å². The van der Waals surface area contributed by atoms with E-state index in [-0.39, 0.29) is 11.7 Å². The fourth-order valence-electron chi connectivity index (χ4n) is 1.93. The number of hydrogen-bond donors (Lipinski definition) is 1. The number of benzene rings is 1. The summed E-state index contributed by atoms with van der Waals surface area (Å²) in [6, 6.07) is 7.50. The van der Waals surface area contributed by atoms with Crippen LogP contribution in [0, 0.1) is 6.92 Å². The SMILES string of the molecule is CC(=O)c1sc(NC(=O)c2cccc(SC(C)C)c2)nc1C. The van der Waals surface area contributed by atoms with E-state index in [4.69, 9.17) is 0 Å². The number of amides is 1. The second-order valence-corrected chi connectivity index (χ2v) is 7.79. The highest BCUT2D eigenvalue weighted by molar-refractivity contribution is 7.99. The van der Waals surface area contributed by atoms with E-state index in [0.29, 0.717) is 26.5 Å². The fraction of sp³-hybridized carbons (Fsp3) is 0.312. The maximum Gasteiger partial charge on any atom is 0.257 e. The summed E-state index contributed by atoms with van der Waals surface area (Å²) < 4.78 is 0. The Hall–Kier alpha value is -1.66. The minimum atomic E-state index is -0.213. The van der Waals surface area contributed by atoms with E-state index >= 15 is 0 Å². The summed E-state index contributed by atoms with van der Waals surface area (Å²) in [4.78, 5) is 29.6. The van der Waals surface area contributed by atoms with Crippen LogP contribution < -0.4 is 5.32 Å². The number of hydrogen-bond acceptors (Lipinski definition) is 5. The smallest absolute Gasteiger partial charge is 0.257 e. The molecule has 2 rings (SSSR count). The maximum absolute atomic E-state index is 12.3. The molecular formula is C16H18N2O2S2. The molecule has 0 saturated heterocycles. The van der Waals surface area contributed by atoms with Crippen molar-refractivity contribution in [3.63, 3.8) is 0 Å². The first-order valence-corrected chi connectivity index (χ1v) is 8.63. The molecule has 6 heteroatoms. The monoisotopic (exact) mass is 334 g/mol. The molecule has 0 bridgehead atoms. The molecular weight excluding hydrogens is 316 g/mol. The molecule has 1 amide bonds. The lowest BCUT2D eigenvalue weighted by Crippen LogP contribution is -2.11. The van der Waals surface area contributed by atoms with Crippen LogP contribution >= 0.6 is 23.1 Å². The molecule has 0 atom stereocenters. The molecule has 0 radical (unpaired) electrons. The van der Waals surface area contributed by atoms with Crippen LogP contribution in [0.4, 0.5) is 5.13 Å². The third-order valence-electron chi connectivity index (χ3n) is 2.80. The van der Waals surface area contributed by atoms with Crippen molar-refractivity contribution in [2.45, 2.75) is 37.8 Å². The molecule has 22 heavy (non-hydrogen) atoms. The van der Waals surface area contributed by atoms with Gasteiger partial charge < -0.3 is 0 Å². The molecule has 1 aromatic carbocycles. The van der Waals surface area contributed by atoms with Gasteiger partial charge in [0.2, 0.25) is 0 Å². The Morgan fingerprint density at radius 2 is 2.05 bits per heavy atom. The van der Waals surface area contributed by atoms with Crippen LogP contribution in [0.25, 0.3) is 0 Å². The number of carbonyl (C=O) groups is 2. The number of thiazole rings is 1. The molecule has 0 aliphatic carbocycles. The predicted octanol–water partition coefficient (Wildman–Crippen LogP) is 4.41. The molecule has 0 aliphatic heterocycles. The van der Waals surface area contributed by atoms with Crippen LogP contribution in [-0.4, -0.2) is 21.9 Å². The van der Waals surface area contributed by atoms with Crippen molar-refractivity contribution in [1.29, 1.82) is 0 Å². The largest absolute Gasteiger partial charge is 0.298 e. The number of carbonyl (C=O) groups excluding carboxylic acids is 2. The minimum absolute atomic E-state index is 0.0363. The van der Waals surface area contributed by atoms with E-state index in [9.17, 15) is 9.59 Å². The summed E-state index contributed by atoms with van der Waals surface area (Å²) in [5.74, 6) is -0.249. The summed E-state index contributed by atoms with van der Waals surface area (Å²) in [5, 5.41) is 3.67. The number of thioether (sulfide) groups is 1. The Morgan fingerprint density at radius 1 is 1.32 bits per heavy atom. The van der Waals surface area contributed by atoms with Crippen LogP contribution in [0.15, 0.2) is 29.2 Å². The molecule has 0 unspecified atom stereocenters. The highest BCUT2D eigenvalue weighted by Crippen LogP contribution is 2.25. The summed E-state index contributed by atoms with van der Waals surface area (Å²) in [7, 11) is 0. The minimum Gasteiger partial charge on any atom is -0.298 e.